The molecule has 1 heterocycles. The second kappa shape index (κ2) is 10.5. The van der Waals surface area contributed by atoms with Gasteiger partial charge in [0, 0.05) is 12.1 Å². The molecule has 0 fully saturated rings. The molecule has 0 spiro atoms. The molecule has 1 aromatic rings. The van der Waals surface area contributed by atoms with Crippen molar-refractivity contribution < 1.29 is 14.3 Å². The lowest BCUT2D eigenvalue weighted by Gasteiger charge is -2.27. The maximum atomic E-state index is 12.9. The molecule has 1 aromatic carbocycles. The molecule has 28 heavy (non-hydrogen) atoms. The van der Waals surface area contributed by atoms with E-state index in [0.29, 0.717) is 24.3 Å². The third kappa shape index (κ3) is 5.10. The predicted molar refractivity (Wildman–Crippen MR) is 109 cm³/mol. The number of ether oxygens (including phenoxy) is 1. The Hall–Kier alpha value is -2.87. The first-order chi connectivity index (χ1) is 13.5. The molecule has 0 aromatic heterocycles. The van der Waals surface area contributed by atoms with Crippen molar-refractivity contribution in [3.8, 4) is 11.8 Å². The zero-order chi connectivity index (χ0) is 20.5. The Kier molecular flexibility index (Phi) is 8.01. The van der Waals surface area contributed by atoms with E-state index in [9.17, 15) is 14.9 Å². The minimum Gasteiger partial charge on any atom is -0.494 e. The number of carbonyl (C=O) groups excluding carboxylic acids is 2. The molecule has 148 valence electrons. The van der Waals surface area contributed by atoms with E-state index in [4.69, 9.17) is 4.74 Å². The Labute approximate surface area is 167 Å². The molecule has 2 rings (SSSR count). The molecule has 0 atom stereocenters. The number of unbranched alkanes of at least 4 members (excludes halogenated alkanes) is 3. The number of nitriles is 1. The third-order valence-corrected chi connectivity index (χ3v) is 4.77. The first kappa shape index (κ1) is 21.4. The summed E-state index contributed by atoms with van der Waals surface area (Å²) < 4.78 is 5.66. The second-order valence-electron chi connectivity index (χ2n) is 6.91. The Morgan fingerprint density at radius 3 is 2.32 bits per heavy atom. The molecule has 0 N–H and O–H groups in total. The van der Waals surface area contributed by atoms with Crippen molar-refractivity contribution in [1.82, 2.24) is 4.90 Å². The van der Waals surface area contributed by atoms with Crippen LogP contribution < -0.4 is 4.74 Å². The lowest BCUT2D eigenvalue weighted by molar-refractivity contribution is -0.140. The molecule has 0 bridgehead atoms. The highest BCUT2D eigenvalue weighted by Gasteiger charge is 2.34. The van der Waals surface area contributed by atoms with Gasteiger partial charge in [0.05, 0.1) is 6.61 Å². The molecule has 0 unspecified atom stereocenters. The topological polar surface area (TPSA) is 70.4 Å². The molecule has 0 saturated heterocycles. The largest absolute Gasteiger partial charge is 0.494 e. The zero-order valence-electron chi connectivity index (χ0n) is 17.0. The van der Waals surface area contributed by atoms with Crippen LogP contribution in [0.1, 0.15) is 58.4 Å². The summed E-state index contributed by atoms with van der Waals surface area (Å²) in [6, 6.07) is 9.45. The number of benzene rings is 1. The summed E-state index contributed by atoms with van der Waals surface area (Å²) in [5.74, 6) is -0.0364. The van der Waals surface area contributed by atoms with E-state index < -0.39 is 5.91 Å². The van der Waals surface area contributed by atoms with Crippen LogP contribution in [0, 0.1) is 11.3 Å². The fraction of sp³-hybridized carbons (Fsp3) is 0.435. The van der Waals surface area contributed by atoms with Crippen LogP contribution in [0.4, 0.5) is 0 Å². The van der Waals surface area contributed by atoms with E-state index in [2.05, 4.69) is 13.8 Å². The first-order valence-electron chi connectivity index (χ1n) is 9.95. The molecule has 1 aliphatic rings. The average molecular weight is 380 g/mol. The summed E-state index contributed by atoms with van der Waals surface area (Å²) in [6.07, 6.45) is 6.48. The smallest absolute Gasteiger partial charge is 0.271 e. The van der Waals surface area contributed by atoms with Crippen LogP contribution in [-0.4, -0.2) is 29.9 Å². The highest BCUT2D eigenvalue weighted by atomic mass is 16.5. The number of hydrogen-bond acceptors (Lipinski definition) is 4. The Balaban J connectivity index is 2.28. The van der Waals surface area contributed by atoms with Crippen LogP contribution in [0.5, 0.6) is 5.75 Å². The number of nitrogens with zero attached hydrogens (tertiary/aromatic N) is 2. The van der Waals surface area contributed by atoms with E-state index in [1.54, 1.807) is 13.0 Å². The van der Waals surface area contributed by atoms with Gasteiger partial charge >= 0.3 is 0 Å². The minimum absolute atomic E-state index is 0.0434. The van der Waals surface area contributed by atoms with E-state index in [-0.39, 0.29) is 11.5 Å². The zero-order valence-corrected chi connectivity index (χ0v) is 17.0. The van der Waals surface area contributed by atoms with Crippen molar-refractivity contribution in [3.63, 3.8) is 0 Å². The van der Waals surface area contributed by atoms with Gasteiger partial charge < -0.3 is 4.74 Å². The monoisotopic (exact) mass is 380 g/mol. The Morgan fingerprint density at radius 1 is 1.04 bits per heavy atom. The van der Waals surface area contributed by atoms with Crippen LogP contribution in [-0.2, 0) is 9.59 Å². The Bertz CT molecular complexity index is 813. The van der Waals surface area contributed by atoms with Crippen molar-refractivity contribution in [1.29, 1.82) is 5.26 Å². The molecule has 2 amide bonds. The van der Waals surface area contributed by atoms with Gasteiger partial charge in [-0.1, -0.05) is 45.2 Å². The van der Waals surface area contributed by atoms with Crippen molar-refractivity contribution >= 4 is 17.9 Å². The third-order valence-electron chi connectivity index (χ3n) is 4.77. The van der Waals surface area contributed by atoms with Gasteiger partial charge in [-0.05, 0) is 49.1 Å². The summed E-state index contributed by atoms with van der Waals surface area (Å²) in [4.78, 5) is 26.6. The SMILES string of the molecule is CCCCCN1C(=O)C(C#N)=C(C)/C(=C\c2ccc(OCCCC)cc2)C1=O. The highest BCUT2D eigenvalue weighted by molar-refractivity contribution is 6.19. The molecular formula is C23H28N2O3. The van der Waals surface area contributed by atoms with Gasteiger partial charge in [0.2, 0.25) is 0 Å². The number of carbonyl (C=O) groups is 2. The lowest BCUT2D eigenvalue weighted by Crippen LogP contribution is -2.43. The van der Waals surface area contributed by atoms with Crippen molar-refractivity contribution in [2.45, 2.75) is 52.9 Å². The summed E-state index contributed by atoms with van der Waals surface area (Å²) in [5.41, 5.74) is 1.70. The van der Waals surface area contributed by atoms with Gasteiger partial charge in [-0.25, -0.2) is 0 Å². The number of imide groups is 1. The lowest BCUT2D eigenvalue weighted by atomic mass is 9.93. The van der Waals surface area contributed by atoms with Gasteiger partial charge in [0.25, 0.3) is 11.8 Å². The van der Waals surface area contributed by atoms with Crippen LogP contribution in [0.15, 0.2) is 41.0 Å². The Morgan fingerprint density at radius 2 is 1.71 bits per heavy atom. The maximum Gasteiger partial charge on any atom is 0.271 e. The van der Waals surface area contributed by atoms with Crippen LogP contribution in [0.2, 0.25) is 0 Å². The molecule has 1 aliphatic heterocycles. The standard InChI is InChI=1S/C23H28N2O3/c1-4-6-8-13-25-22(26)20(17(3)21(16-24)23(25)27)15-18-9-11-19(12-10-18)28-14-7-5-2/h9-12,15H,4-8,13-14H2,1-3H3/b20-15+. The van der Waals surface area contributed by atoms with Gasteiger partial charge in [0.15, 0.2) is 0 Å². The van der Waals surface area contributed by atoms with Crippen molar-refractivity contribution in [2.75, 3.05) is 13.2 Å². The van der Waals surface area contributed by atoms with Crippen LogP contribution in [0.3, 0.4) is 0 Å². The summed E-state index contributed by atoms with van der Waals surface area (Å²) >= 11 is 0. The molecule has 5 heteroatoms. The molecule has 0 radical (unpaired) electrons. The van der Waals surface area contributed by atoms with Gasteiger partial charge in [-0.3, -0.25) is 14.5 Å². The summed E-state index contributed by atoms with van der Waals surface area (Å²) in [7, 11) is 0. The van der Waals surface area contributed by atoms with Crippen molar-refractivity contribution in [3.05, 3.63) is 46.5 Å². The van der Waals surface area contributed by atoms with E-state index in [0.717, 1.165) is 43.4 Å². The van der Waals surface area contributed by atoms with Crippen molar-refractivity contribution in [2.24, 2.45) is 0 Å². The van der Waals surface area contributed by atoms with E-state index >= 15 is 0 Å². The van der Waals surface area contributed by atoms with Crippen LogP contribution in [0.25, 0.3) is 6.08 Å². The van der Waals surface area contributed by atoms with Gasteiger partial charge in [-0.15, -0.1) is 0 Å². The summed E-state index contributed by atoms with van der Waals surface area (Å²) in [5, 5.41) is 9.42. The first-order valence-corrected chi connectivity index (χ1v) is 9.95. The van der Waals surface area contributed by atoms with Gasteiger partial charge in [-0.2, -0.15) is 5.26 Å². The molecule has 0 saturated carbocycles. The molecular weight excluding hydrogens is 352 g/mol. The van der Waals surface area contributed by atoms with E-state index in [1.807, 2.05) is 30.3 Å². The number of amides is 2. The average Bonchev–Trinajstić information content (AvgIpc) is 2.69. The number of rotatable bonds is 9. The highest BCUT2D eigenvalue weighted by Crippen LogP contribution is 2.27. The van der Waals surface area contributed by atoms with Crippen LogP contribution >= 0.6 is 0 Å². The fourth-order valence-corrected chi connectivity index (χ4v) is 3.01. The predicted octanol–water partition coefficient (Wildman–Crippen LogP) is 4.65. The quantitative estimate of drug-likeness (QED) is 0.355. The van der Waals surface area contributed by atoms with E-state index in [1.165, 1.54) is 4.90 Å². The second-order valence-corrected chi connectivity index (χ2v) is 6.91. The maximum absolute atomic E-state index is 12.9. The number of hydrogen-bond donors (Lipinski definition) is 0. The normalized spacial score (nSPS) is 15.9. The molecule has 0 aliphatic carbocycles. The fourth-order valence-electron chi connectivity index (χ4n) is 3.01. The van der Waals surface area contributed by atoms with Gasteiger partial charge in [0.1, 0.15) is 17.4 Å². The molecule has 5 nitrogen and oxygen atoms in total. The summed E-state index contributed by atoms with van der Waals surface area (Å²) in [6.45, 7) is 6.85. The minimum atomic E-state index is -0.488.